The third-order valence-corrected chi connectivity index (χ3v) is 4.72. The summed E-state index contributed by atoms with van der Waals surface area (Å²) >= 11 is 0. The molecule has 3 aromatic rings. The number of quaternary nitrogens is 1. The van der Waals surface area contributed by atoms with Crippen LogP contribution in [0.1, 0.15) is 22.3 Å². The molecule has 0 saturated heterocycles. The van der Waals surface area contributed by atoms with Gasteiger partial charge in [-0.05, 0) is 23.1 Å². The van der Waals surface area contributed by atoms with Gasteiger partial charge in [-0.25, -0.2) is 0 Å². The predicted octanol–water partition coefficient (Wildman–Crippen LogP) is 0.562. The number of rotatable bonds is 9. The first-order valence-electron chi connectivity index (χ1n) is 9.86. The van der Waals surface area contributed by atoms with Gasteiger partial charge in [0, 0.05) is 23.9 Å². The van der Waals surface area contributed by atoms with E-state index < -0.39 is 4.92 Å². The monoisotopic (exact) mass is 440 g/mol. The van der Waals surface area contributed by atoms with Crippen LogP contribution in [0.2, 0.25) is 0 Å². The van der Waals surface area contributed by atoms with Gasteiger partial charge in [0.15, 0.2) is 5.78 Å². The average Bonchev–Trinajstić information content (AvgIpc) is 2.75. The SMILES string of the molecule is C[NH+](C)CCCOc1c(C(=O)/C=C/c2cccc([N+](=O)[O-])c2)ccc2ccccc12.[Cl-]. The van der Waals surface area contributed by atoms with Gasteiger partial charge in [-0.15, -0.1) is 0 Å². The van der Waals surface area contributed by atoms with E-state index in [1.165, 1.54) is 23.1 Å². The smallest absolute Gasteiger partial charge is 0.270 e. The lowest BCUT2D eigenvalue weighted by Crippen LogP contribution is -3.05. The zero-order valence-electron chi connectivity index (χ0n) is 17.5. The molecule has 0 fully saturated rings. The summed E-state index contributed by atoms with van der Waals surface area (Å²) in [6.45, 7) is 1.49. The number of benzene rings is 3. The summed E-state index contributed by atoms with van der Waals surface area (Å²) in [7, 11) is 4.18. The first kappa shape index (κ1) is 24.1. The number of hydrogen-bond donors (Lipinski definition) is 1. The van der Waals surface area contributed by atoms with Crippen LogP contribution in [0.3, 0.4) is 0 Å². The number of fused-ring (bicyclic) bond motifs is 1. The van der Waals surface area contributed by atoms with E-state index in [1.807, 2.05) is 30.3 Å². The second kappa shape index (κ2) is 11.2. The van der Waals surface area contributed by atoms with Crippen LogP contribution in [0, 0.1) is 10.1 Å². The fraction of sp³-hybridized carbons (Fsp3) is 0.208. The molecule has 0 bridgehead atoms. The van der Waals surface area contributed by atoms with E-state index in [1.54, 1.807) is 24.3 Å². The fourth-order valence-electron chi connectivity index (χ4n) is 3.20. The zero-order chi connectivity index (χ0) is 21.5. The van der Waals surface area contributed by atoms with Crippen molar-refractivity contribution >= 4 is 28.3 Å². The van der Waals surface area contributed by atoms with Crippen LogP contribution >= 0.6 is 0 Å². The molecule has 0 aliphatic heterocycles. The van der Waals surface area contributed by atoms with Crippen molar-refractivity contribution in [3.8, 4) is 5.75 Å². The standard InChI is InChI=1S/C24H24N2O4.ClH/c1-25(2)15-6-16-30-24-21-10-4-3-8-19(21)12-13-22(24)23(27)14-11-18-7-5-9-20(17-18)26(28)29;/h3-5,7-14,17H,6,15-16H2,1-2H3;1H/b14-11+;. The highest BCUT2D eigenvalue weighted by Gasteiger charge is 2.14. The number of halogens is 1. The van der Waals surface area contributed by atoms with Crippen LogP contribution < -0.4 is 22.0 Å². The van der Waals surface area contributed by atoms with E-state index in [0.29, 0.717) is 23.5 Å². The lowest BCUT2D eigenvalue weighted by Gasteiger charge is -2.14. The molecule has 3 rings (SSSR count). The minimum absolute atomic E-state index is 0. The Morgan fingerprint density at radius 1 is 1.10 bits per heavy atom. The van der Waals surface area contributed by atoms with Crippen molar-refractivity contribution < 1.29 is 31.8 Å². The topological polar surface area (TPSA) is 73.9 Å². The van der Waals surface area contributed by atoms with E-state index in [4.69, 9.17) is 4.74 Å². The molecular formula is C24H25ClN2O4. The van der Waals surface area contributed by atoms with Crippen LogP contribution in [0.4, 0.5) is 5.69 Å². The number of nitrogens with one attached hydrogen (secondary N) is 1. The lowest BCUT2D eigenvalue weighted by molar-refractivity contribution is -0.858. The third-order valence-electron chi connectivity index (χ3n) is 4.72. The summed E-state index contributed by atoms with van der Waals surface area (Å²) in [5.74, 6) is 0.371. The molecule has 0 unspecified atom stereocenters. The van der Waals surface area contributed by atoms with Gasteiger partial charge in [0.25, 0.3) is 5.69 Å². The number of non-ortho nitro benzene ring substituents is 1. The molecule has 7 heteroatoms. The van der Waals surface area contributed by atoms with Gasteiger partial charge in [-0.3, -0.25) is 14.9 Å². The van der Waals surface area contributed by atoms with Crippen LogP contribution in [0.15, 0.2) is 66.7 Å². The Balaban J connectivity index is 0.00000341. The lowest BCUT2D eigenvalue weighted by atomic mass is 10.0. The van der Waals surface area contributed by atoms with E-state index in [2.05, 4.69) is 14.1 Å². The van der Waals surface area contributed by atoms with Crippen LogP contribution in [0.25, 0.3) is 16.8 Å². The molecule has 3 aromatic carbocycles. The van der Waals surface area contributed by atoms with E-state index >= 15 is 0 Å². The van der Waals surface area contributed by atoms with Gasteiger partial charge >= 0.3 is 0 Å². The van der Waals surface area contributed by atoms with Crippen molar-refractivity contribution in [1.29, 1.82) is 0 Å². The van der Waals surface area contributed by atoms with Crippen LogP contribution in [-0.4, -0.2) is 38.0 Å². The van der Waals surface area contributed by atoms with Gasteiger partial charge in [-0.2, -0.15) is 0 Å². The Bertz CT molecular complexity index is 1100. The molecule has 0 saturated carbocycles. The number of ether oxygens (including phenoxy) is 1. The molecule has 0 aromatic heterocycles. The summed E-state index contributed by atoms with van der Waals surface area (Å²) < 4.78 is 6.07. The van der Waals surface area contributed by atoms with Crippen molar-refractivity contribution in [2.24, 2.45) is 0 Å². The molecule has 0 amide bonds. The second-order valence-electron chi connectivity index (χ2n) is 7.37. The summed E-state index contributed by atoms with van der Waals surface area (Å²) in [5.41, 5.74) is 1.06. The van der Waals surface area contributed by atoms with Crippen molar-refractivity contribution in [3.63, 3.8) is 0 Å². The first-order chi connectivity index (χ1) is 14.5. The molecule has 1 N–H and O–H groups in total. The van der Waals surface area contributed by atoms with Crippen molar-refractivity contribution in [1.82, 2.24) is 0 Å². The maximum atomic E-state index is 12.9. The Hall–Kier alpha value is -3.22. The number of carbonyl (C=O) groups excluding carboxylic acids is 1. The van der Waals surface area contributed by atoms with E-state index in [-0.39, 0.29) is 23.9 Å². The molecule has 31 heavy (non-hydrogen) atoms. The fourth-order valence-corrected chi connectivity index (χ4v) is 3.20. The van der Waals surface area contributed by atoms with Gasteiger partial charge in [-0.1, -0.05) is 48.5 Å². The quantitative estimate of drug-likeness (QED) is 0.173. The molecule has 0 aliphatic rings. The third kappa shape index (κ3) is 6.38. The van der Waals surface area contributed by atoms with Crippen molar-refractivity contribution in [3.05, 3.63) is 88.0 Å². The molecule has 6 nitrogen and oxygen atoms in total. The number of nitrogens with zero attached hydrogens (tertiary/aromatic N) is 1. The minimum Gasteiger partial charge on any atom is -1.00 e. The number of nitro groups is 1. The van der Waals surface area contributed by atoms with Gasteiger partial charge in [0.1, 0.15) is 5.75 Å². The summed E-state index contributed by atoms with van der Waals surface area (Å²) in [5, 5.41) is 12.8. The second-order valence-corrected chi connectivity index (χ2v) is 7.37. The molecule has 0 radical (unpaired) electrons. The highest BCUT2D eigenvalue weighted by atomic mass is 35.5. The molecule has 0 atom stereocenters. The number of ketones is 1. The Morgan fingerprint density at radius 3 is 2.61 bits per heavy atom. The van der Waals surface area contributed by atoms with Crippen LogP contribution in [-0.2, 0) is 0 Å². The van der Waals surface area contributed by atoms with Crippen LogP contribution in [0.5, 0.6) is 5.75 Å². The Morgan fingerprint density at radius 2 is 1.87 bits per heavy atom. The van der Waals surface area contributed by atoms with Crippen molar-refractivity contribution in [2.75, 3.05) is 27.2 Å². The summed E-state index contributed by atoms with van der Waals surface area (Å²) in [4.78, 5) is 24.8. The number of carbonyl (C=O) groups is 1. The normalized spacial score (nSPS) is 10.9. The van der Waals surface area contributed by atoms with Gasteiger partial charge in [0.2, 0.25) is 0 Å². The average molecular weight is 441 g/mol. The minimum atomic E-state index is -0.454. The highest BCUT2D eigenvalue weighted by molar-refractivity contribution is 6.12. The van der Waals surface area contributed by atoms with Gasteiger partial charge in [0.05, 0.1) is 37.7 Å². The number of allylic oxidation sites excluding steroid dienone is 1. The number of hydrogen-bond acceptors (Lipinski definition) is 4. The number of nitro benzene ring substituents is 1. The van der Waals surface area contributed by atoms with Crippen molar-refractivity contribution in [2.45, 2.75) is 6.42 Å². The molecule has 162 valence electrons. The largest absolute Gasteiger partial charge is 1.00 e. The summed E-state index contributed by atoms with van der Waals surface area (Å²) in [6, 6.07) is 17.7. The maximum absolute atomic E-state index is 12.9. The maximum Gasteiger partial charge on any atom is 0.270 e. The molecule has 0 spiro atoms. The molecular weight excluding hydrogens is 416 g/mol. The highest BCUT2D eigenvalue weighted by Crippen LogP contribution is 2.31. The molecule has 0 heterocycles. The van der Waals surface area contributed by atoms with E-state index in [9.17, 15) is 14.9 Å². The molecule has 0 aliphatic carbocycles. The first-order valence-corrected chi connectivity index (χ1v) is 9.86. The predicted molar refractivity (Wildman–Crippen MR) is 118 cm³/mol. The zero-order valence-corrected chi connectivity index (χ0v) is 18.3. The van der Waals surface area contributed by atoms with E-state index in [0.717, 1.165) is 23.7 Å². The summed E-state index contributed by atoms with van der Waals surface area (Å²) in [6.07, 6.45) is 3.90. The Labute approximate surface area is 187 Å². The Kier molecular flexibility index (Phi) is 8.73. The van der Waals surface area contributed by atoms with Gasteiger partial charge < -0.3 is 22.0 Å².